The van der Waals surface area contributed by atoms with E-state index in [0.717, 1.165) is 6.20 Å². The van der Waals surface area contributed by atoms with Crippen LogP contribution in [0.4, 0.5) is 5.95 Å². The van der Waals surface area contributed by atoms with Gasteiger partial charge >= 0.3 is 0 Å². The van der Waals surface area contributed by atoms with Crippen LogP contribution in [0, 0.1) is 11.3 Å². The zero-order valence-electron chi connectivity index (χ0n) is 8.85. The van der Waals surface area contributed by atoms with Crippen molar-refractivity contribution in [3.05, 3.63) is 36.4 Å². The molecule has 0 aliphatic heterocycles. The summed E-state index contributed by atoms with van der Waals surface area (Å²) in [7, 11) is -3.83. The molecule has 0 aromatic carbocycles. The van der Waals surface area contributed by atoms with E-state index in [1.54, 1.807) is 6.07 Å². The molecule has 2 heterocycles. The van der Waals surface area contributed by atoms with Crippen molar-refractivity contribution in [3.8, 4) is 6.07 Å². The van der Waals surface area contributed by atoms with Crippen molar-refractivity contribution in [2.45, 2.75) is 4.90 Å². The van der Waals surface area contributed by atoms with Gasteiger partial charge in [-0.05, 0) is 12.1 Å². The molecule has 0 fully saturated rings. The molecular formula is C9H6N6O2S. The van der Waals surface area contributed by atoms with Gasteiger partial charge in [-0.3, -0.25) is 0 Å². The SMILES string of the molecule is N#Cc1ccc(S(=O)(=O)Nc2nccnn2)cn1. The Morgan fingerprint density at radius 2 is 2.06 bits per heavy atom. The zero-order chi connectivity index (χ0) is 13.0. The first-order valence-corrected chi connectivity index (χ1v) is 6.13. The number of anilines is 1. The van der Waals surface area contributed by atoms with Crippen LogP contribution in [0.5, 0.6) is 0 Å². The number of sulfonamides is 1. The maximum Gasteiger partial charge on any atom is 0.265 e. The molecule has 1 N–H and O–H groups in total. The summed E-state index contributed by atoms with van der Waals surface area (Å²) < 4.78 is 25.9. The van der Waals surface area contributed by atoms with Crippen LogP contribution in [0.15, 0.2) is 35.6 Å². The van der Waals surface area contributed by atoms with Gasteiger partial charge in [0.15, 0.2) is 0 Å². The molecule has 8 nitrogen and oxygen atoms in total. The number of rotatable bonds is 3. The van der Waals surface area contributed by atoms with Gasteiger partial charge in [0.05, 0.1) is 12.4 Å². The second-order valence-corrected chi connectivity index (χ2v) is 4.75. The lowest BCUT2D eigenvalue weighted by Crippen LogP contribution is -2.15. The first-order chi connectivity index (χ1) is 8.62. The van der Waals surface area contributed by atoms with Gasteiger partial charge in [0.1, 0.15) is 16.7 Å². The molecule has 0 aliphatic carbocycles. The maximum absolute atomic E-state index is 11.9. The largest absolute Gasteiger partial charge is 0.265 e. The number of pyridine rings is 1. The van der Waals surface area contributed by atoms with Crippen LogP contribution in [0.3, 0.4) is 0 Å². The molecular weight excluding hydrogens is 256 g/mol. The average Bonchev–Trinajstić information content (AvgIpc) is 2.39. The number of nitrogens with one attached hydrogen (secondary N) is 1. The van der Waals surface area contributed by atoms with Crippen molar-refractivity contribution in [3.63, 3.8) is 0 Å². The smallest absolute Gasteiger partial charge is 0.246 e. The monoisotopic (exact) mass is 262 g/mol. The molecule has 0 amide bonds. The van der Waals surface area contributed by atoms with Crippen LogP contribution in [0.2, 0.25) is 0 Å². The quantitative estimate of drug-likeness (QED) is 0.822. The fraction of sp³-hybridized carbons (Fsp3) is 0. The highest BCUT2D eigenvalue weighted by Gasteiger charge is 2.16. The molecule has 0 spiro atoms. The standard InChI is InChI=1S/C9H6N6O2S/c10-5-7-1-2-8(6-12-7)18(16,17)15-9-11-3-4-13-14-9/h1-4,6H,(H,11,14,15). The first-order valence-electron chi connectivity index (χ1n) is 4.64. The van der Waals surface area contributed by atoms with E-state index in [1.165, 1.54) is 24.5 Å². The topological polar surface area (TPSA) is 122 Å². The summed E-state index contributed by atoms with van der Waals surface area (Å²) in [6.45, 7) is 0. The summed E-state index contributed by atoms with van der Waals surface area (Å²) in [6.07, 6.45) is 3.71. The molecule has 0 radical (unpaired) electrons. The number of hydrogen-bond donors (Lipinski definition) is 1. The minimum atomic E-state index is -3.83. The van der Waals surface area contributed by atoms with E-state index in [-0.39, 0.29) is 16.5 Å². The summed E-state index contributed by atoms with van der Waals surface area (Å²) in [6, 6.07) is 4.37. The highest BCUT2D eigenvalue weighted by Crippen LogP contribution is 2.11. The first kappa shape index (κ1) is 11.9. The number of hydrogen-bond acceptors (Lipinski definition) is 7. The molecule has 0 bridgehead atoms. The number of nitrogens with zero attached hydrogens (tertiary/aromatic N) is 5. The van der Waals surface area contributed by atoms with Crippen LogP contribution >= 0.6 is 0 Å². The van der Waals surface area contributed by atoms with Crippen LogP contribution in [-0.2, 0) is 10.0 Å². The Morgan fingerprint density at radius 1 is 1.22 bits per heavy atom. The van der Waals surface area contributed by atoms with Gasteiger partial charge in [-0.15, -0.1) is 5.10 Å². The Morgan fingerprint density at radius 3 is 2.61 bits per heavy atom. The van der Waals surface area contributed by atoms with Crippen LogP contribution in [-0.4, -0.2) is 28.6 Å². The van der Waals surface area contributed by atoms with Crippen molar-refractivity contribution < 1.29 is 8.42 Å². The fourth-order valence-corrected chi connectivity index (χ4v) is 1.97. The van der Waals surface area contributed by atoms with E-state index in [2.05, 4.69) is 24.9 Å². The van der Waals surface area contributed by atoms with Crippen LogP contribution < -0.4 is 4.72 Å². The van der Waals surface area contributed by atoms with Gasteiger partial charge in [0.2, 0.25) is 0 Å². The highest BCUT2D eigenvalue weighted by molar-refractivity contribution is 7.92. The molecule has 9 heteroatoms. The zero-order valence-corrected chi connectivity index (χ0v) is 9.66. The second-order valence-electron chi connectivity index (χ2n) is 3.06. The second kappa shape index (κ2) is 4.72. The third kappa shape index (κ3) is 2.55. The van der Waals surface area contributed by atoms with Gasteiger partial charge in [-0.25, -0.2) is 23.1 Å². The Bertz CT molecular complexity index is 677. The van der Waals surface area contributed by atoms with E-state index >= 15 is 0 Å². The Hall–Kier alpha value is -2.60. The Balaban J connectivity index is 2.29. The Labute approximate surface area is 102 Å². The molecule has 0 atom stereocenters. The molecule has 18 heavy (non-hydrogen) atoms. The minimum Gasteiger partial charge on any atom is -0.246 e. The molecule has 0 saturated heterocycles. The molecule has 2 aromatic rings. The Kier molecular flexibility index (Phi) is 3.11. The van der Waals surface area contributed by atoms with Crippen molar-refractivity contribution >= 4 is 16.0 Å². The molecule has 0 unspecified atom stereocenters. The summed E-state index contributed by atoms with van der Waals surface area (Å²) in [5.41, 5.74) is 0.131. The van der Waals surface area contributed by atoms with E-state index in [9.17, 15) is 8.42 Å². The van der Waals surface area contributed by atoms with Crippen molar-refractivity contribution in [1.29, 1.82) is 5.26 Å². The van der Waals surface area contributed by atoms with Crippen LogP contribution in [0.25, 0.3) is 0 Å². The molecule has 2 aromatic heterocycles. The van der Waals surface area contributed by atoms with Gasteiger partial charge in [-0.1, -0.05) is 0 Å². The highest BCUT2D eigenvalue weighted by atomic mass is 32.2. The van der Waals surface area contributed by atoms with Gasteiger partial charge in [0.25, 0.3) is 16.0 Å². The summed E-state index contributed by atoms with van der Waals surface area (Å²) in [5.74, 6) is -0.137. The number of nitriles is 1. The molecule has 90 valence electrons. The van der Waals surface area contributed by atoms with Gasteiger partial charge < -0.3 is 0 Å². The van der Waals surface area contributed by atoms with Crippen molar-refractivity contribution in [1.82, 2.24) is 20.2 Å². The van der Waals surface area contributed by atoms with Crippen molar-refractivity contribution in [2.75, 3.05) is 4.72 Å². The summed E-state index contributed by atoms with van der Waals surface area (Å²) in [4.78, 5) is 7.27. The normalized spacial score (nSPS) is 10.6. The fourth-order valence-electron chi connectivity index (χ4n) is 1.08. The van der Waals surface area contributed by atoms with E-state index < -0.39 is 10.0 Å². The predicted molar refractivity (Wildman–Crippen MR) is 59.6 cm³/mol. The van der Waals surface area contributed by atoms with E-state index in [0.29, 0.717) is 0 Å². The van der Waals surface area contributed by atoms with E-state index in [1.807, 2.05) is 0 Å². The number of aromatic nitrogens is 4. The van der Waals surface area contributed by atoms with E-state index in [4.69, 9.17) is 5.26 Å². The lowest BCUT2D eigenvalue weighted by Gasteiger charge is -2.04. The van der Waals surface area contributed by atoms with Gasteiger partial charge in [-0.2, -0.15) is 10.4 Å². The molecule has 0 saturated carbocycles. The lowest BCUT2D eigenvalue weighted by atomic mass is 10.4. The molecule has 0 aliphatic rings. The average molecular weight is 262 g/mol. The van der Waals surface area contributed by atoms with Gasteiger partial charge in [0, 0.05) is 6.20 Å². The third-order valence-corrected chi connectivity index (χ3v) is 3.18. The maximum atomic E-state index is 11.9. The predicted octanol–water partition coefficient (Wildman–Crippen LogP) is -0.0609. The summed E-state index contributed by atoms with van der Waals surface area (Å²) in [5, 5.41) is 15.6. The minimum absolute atomic E-state index is 0.0889. The third-order valence-electron chi connectivity index (χ3n) is 1.87. The molecule has 2 rings (SSSR count). The summed E-state index contributed by atoms with van der Waals surface area (Å²) >= 11 is 0. The van der Waals surface area contributed by atoms with Crippen molar-refractivity contribution in [2.24, 2.45) is 0 Å². The van der Waals surface area contributed by atoms with Crippen LogP contribution in [0.1, 0.15) is 5.69 Å². The lowest BCUT2D eigenvalue weighted by molar-refractivity contribution is 0.600.